The molecule has 0 aliphatic rings. The van der Waals surface area contributed by atoms with E-state index >= 15 is 4.39 Å². The SMILES string of the molecule is [2H]C([2H])(O)C[C@@H](c1ccc(-c2c(-n3cc(C#N)nn3)ccc(Cl)c2F)c[n+]1[O-])n1cc(-c2ncnn2C(F)F)cn1. The second-order valence-corrected chi connectivity index (χ2v) is 8.38. The van der Waals surface area contributed by atoms with Crippen LogP contribution in [0.3, 0.4) is 0 Å². The van der Waals surface area contributed by atoms with E-state index in [1.165, 1.54) is 42.9 Å². The van der Waals surface area contributed by atoms with Crippen LogP contribution < -0.4 is 4.73 Å². The van der Waals surface area contributed by atoms with Gasteiger partial charge in [-0.05, 0) is 18.2 Å². The Labute approximate surface area is 225 Å². The zero-order chi connectivity index (χ0) is 29.5. The zero-order valence-electron chi connectivity index (χ0n) is 21.4. The molecule has 0 unspecified atom stereocenters. The number of pyridine rings is 1. The van der Waals surface area contributed by atoms with Crippen molar-refractivity contribution >= 4 is 11.6 Å². The summed E-state index contributed by atoms with van der Waals surface area (Å²) in [5, 5.41) is 47.1. The lowest BCUT2D eigenvalue weighted by Crippen LogP contribution is -2.35. The smallest absolute Gasteiger partial charge is 0.335 e. The molecule has 1 aromatic carbocycles. The first kappa shape index (κ1) is 23.3. The standard InChI is InChI=1S/C23H16ClF3N10O2/c24-16-2-4-19(35-11-15(7-28)32-33-35)20(21(16)25)13-1-3-18(36(39)10-13)17(5-6-38)34-9-14(8-30-34)22-29-12-31-37(22)23(26)27/h1-4,8-12,17,23,38H,5-6H2/t17-/m0/s1/i6D2. The van der Waals surface area contributed by atoms with Gasteiger partial charge in [-0.3, -0.25) is 4.68 Å². The van der Waals surface area contributed by atoms with Crippen molar-refractivity contribution in [1.82, 2.24) is 39.5 Å². The van der Waals surface area contributed by atoms with Crippen LogP contribution in [0.5, 0.6) is 0 Å². The van der Waals surface area contributed by atoms with Crippen molar-refractivity contribution < 1.29 is 25.7 Å². The fraction of sp³-hybridized carbons (Fsp3) is 0.174. The molecule has 0 aliphatic heterocycles. The number of aromatic nitrogens is 9. The Morgan fingerprint density at radius 2 is 2.03 bits per heavy atom. The van der Waals surface area contributed by atoms with Crippen LogP contribution in [0.2, 0.25) is 5.02 Å². The van der Waals surface area contributed by atoms with Crippen molar-refractivity contribution in [1.29, 1.82) is 5.26 Å². The van der Waals surface area contributed by atoms with Crippen LogP contribution in [-0.2, 0) is 0 Å². The summed E-state index contributed by atoms with van der Waals surface area (Å²) in [6, 6.07) is 5.90. The summed E-state index contributed by atoms with van der Waals surface area (Å²) in [4.78, 5) is 3.80. The number of nitrogens with zero attached hydrogens (tertiary/aromatic N) is 10. The number of halogens is 4. The van der Waals surface area contributed by atoms with Crippen LogP contribution >= 0.6 is 11.6 Å². The van der Waals surface area contributed by atoms with Gasteiger partial charge in [0.25, 0.3) is 0 Å². The summed E-state index contributed by atoms with van der Waals surface area (Å²) in [7, 11) is 0. The maximum Gasteiger partial charge on any atom is 0.335 e. The highest BCUT2D eigenvalue weighted by Crippen LogP contribution is 2.34. The lowest BCUT2D eigenvalue weighted by atomic mass is 10.0. The third-order valence-corrected chi connectivity index (χ3v) is 6.02. The number of benzene rings is 1. The molecule has 0 radical (unpaired) electrons. The Morgan fingerprint density at radius 1 is 1.21 bits per heavy atom. The predicted molar refractivity (Wildman–Crippen MR) is 128 cm³/mol. The van der Waals surface area contributed by atoms with Crippen molar-refractivity contribution in [3.63, 3.8) is 0 Å². The molecular weight excluding hydrogens is 541 g/mol. The van der Waals surface area contributed by atoms with Crippen LogP contribution in [0, 0.1) is 22.4 Å². The highest BCUT2D eigenvalue weighted by molar-refractivity contribution is 6.31. The topological polar surface area (TPSA) is 150 Å². The molecule has 0 fully saturated rings. The van der Waals surface area contributed by atoms with Gasteiger partial charge in [0.2, 0.25) is 5.69 Å². The number of rotatable bonds is 8. The largest absolute Gasteiger partial charge is 0.618 e. The van der Waals surface area contributed by atoms with Gasteiger partial charge in [-0.25, -0.2) is 14.1 Å². The molecule has 39 heavy (non-hydrogen) atoms. The van der Waals surface area contributed by atoms with Crippen molar-refractivity contribution in [2.75, 3.05) is 6.56 Å². The molecule has 0 aliphatic carbocycles. The zero-order valence-corrected chi connectivity index (χ0v) is 20.2. The number of hydrogen-bond donors (Lipinski definition) is 1. The minimum atomic E-state index is -2.99. The average Bonchev–Trinajstić information content (AvgIpc) is 3.69. The summed E-state index contributed by atoms with van der Waals surface area (Å²) < 4.78 is 60.2. The van der Waals surface area contributed by atoms with Crippen LogP contribution in [0.25, 0.3) is 28.2 Å². The summed E-state index contributed by atoms with van der Waals surface area (Å²) >= 11 is 6.01. The van der Waals surface area contributed by atoms with Crippen molar-refractivity contribution in [3.8, 4) is 34.3 Å². The molecule has 198 valence electrons. The highest BCUT2D eigenvalue weighted by atomic mass is 35.5. The Morgan fingerprint density at radius 3 is 2.72 bits per heavy atom. The predicted octanol–water partition coefficient (Wildman–Crippen LogP) is 3.05. The minimum absolute atomic E-state index is 0.0351. The van der Waals surface area contributed by atoms with E-state index in [0.29, 0.717) is 9.41 Å². The average molecular weight is 559 g/mol. The van der Waals surface area contributed by atoms with Crippen molar-refractivity contribution in [3.05, 3.63) is 82.8 Å². The number of nitriles is 1. The van der Waals surface area contributed by atoms with E-state index in [1.54, 1.807) is 0 Å². The molecule has 0 spiro atoms. The van der Waals surface area contributed by atoms with Gasteiger partial charge in [0.05, 0.1) is 42.5 Å². The Hall–Kier alpha value is -4.81. The minimum Gasteiger partial charge on any atom is -0.618 e. The second kappa shape index (κ2) is 10.5. The van der Waals surface area contributed by atoms with Crippen LogP contribution in [0.1, 0.15) is 33.1 Å². The molecule has 0 bridgehead atoms. The number of hydrogen-bond acceptors (Lipinski definition) is 8. The van der Waals surface area contributed by atoms with Gasteiger partial charge in [-0.15, -0.1) is 5.10 Å². The molecule has 12 nitrogen and oxygen atoms in total. The van der Waals surface area contributed by atoms with Crippen LogP contribution in [0.4, 0.5) is 13.2 Å². The molecule has 5 aromatic rings. The van der Waals surface area contributed by atoms with E-state index in [-0.39, 0.29) is 44.6 Å². The number of aliphatic hydroxyl groups is 1. The molecule has 0 saturated carbocycles. The van der Waals surface area contributed by atoms with E-state index in [0.717, 1.165) is 21.9 Å². The molecule has 1 N–H and O–H groups in total. The van der Waals surface area contributed by atoms with Gasteiger partial charge in [-0.1, -0.05) is 16.8 Å². The van der Waals surface area contributed by atoms with Crippen molar-refractivity contribution in [2.45, 2.75) is 19.0 Å². The molecule has 0 saturated heterocycles. The quantitative estimate of drug-likeness (QED) is 0.225. The third kappa shape index (κ3) is 4.78. The first-order valence-electron chi connectivity index (χ1n) is 12.0. The molecule has 4 heterocycles. The molecule has 5 rings (SSSR count). The fourth-order valence-electron chi connectivity index (χ4n) is 3.98. The maximum absolute atomic E-state index is 15.3. The van der Waals surface area contributed by atoms with Gasteiger partial charge in [-0.2, -0.15) is 33.7 Å². The van der Waals surface area contributed by atoms with Crippen molar-refractivity contribution in [2.24, 2.45) is 0 Å². The summed E-state index contributed by atoms with van der Waals surface area (Å²) in [6.45, 7) is -5.76. The van der Waals surface area contributed by atoms with Gasteiger partial charge in [0.15, 0.2) is 23.5 Å². The molecule has 0 amide bonds. The molecular formula is C23H16ClF3N10O2. The molecule has 1 atom stereocenters. The van der Waals surface area contributed by atoms with Crippen LogP contribution in [-0.4, -0.2) is 51.2 Å². The molecule has 16 heteroatoms. The Bertz CT molecular complexity index is 1780. The van der Waals surface area contributed by atoms with E-state index in [2.05, 4.69) is 25.5 Å². The van der Waals surface area contributed by atoms with E-state index in [4.69, 9.17) is 19.6 Å². The Balaban J connectivity index is 1.58. The van der Waals surface area contributed by atoms with Gasteiger partial charge in [0, 0.05) is 25.2 Å². The first-order chi connectivity index (χ1) is 19.5. The summed E-state index contributed by atoms with van der Waals surface area (Å²) in [5.41, 5.74) is -0.0259. The molecule has 4 aromatic heterocycles. The van der Waals surface area contributed by atoms with Gasteiger partial charge in [0.1, 0.15) is 18.4 Å². The van der Waals surface area contributed by atoms with E-state index < -0.39 is 31.4 Å². The van der Waals surface area contributed by atoms with E-state index in [9.17, 15) is 19.1 Å². The normalized spacial score (nSPS) is 13.3. The van der Waals surface area contributed by atoms with Gasteiger partial charge < -0.3 is 10.3 Å². The summed E-state index contributed by atoms with van der Waals surface area (Å²) in [6.07, 6.45) is 4.95. The fourth-order valence-corrected chi connectivity index (χ4v) is 4.14. The van der Waals surface area contributed by atoms with E-state index in [1.807, 2.05) is 6.07 Å². The lowest BCUT2D eigenvalue weighted by molar-refractivity contribution is -0.615. The monoisotopic (exact) mass is 558 g/mol. The number of alkyl halides is 2. The highest BCUT2D eigenvalue weighted by Gasteiger charge is 2.26. The first-order valence-corrected chi connectivity index (χ1v) is 11.3. The third-order valence-electron chi connectivity index (χ3n) is 5.72. The van der Waals surface area contributed by atoms with Crippen LogP contribution in [0.15, 0.2) is 55.4 Å². The maximum atomic E-state index is 15.3. The van der Waals surface area contributed by atoms with Gasteiger partial charge >= 0.3 is 6.55 Å². The second-order valence-electron chi connectivity index (χ2n) is 7.98. The lowest BCUT2D eigenvalue weighted by Gasteiger charge is -2.17. The summed E-state index contributed by atoms with van der Waals surface area (Å²) in [5.74, 6) is -1.10. The Kier molecular flexibility index (Phi) is 6.29.